The van der Waals surface area contributed by atoms with Gasteiger partial charge >= 0.3 is 6.18 Å². The normalized spacial score (nSPS) is 12.2. The van der Waals surface area contributed by atoms with Crippen molar-refractivity contribution in [1.29, 1.82) is 0 Å². The minimum atomic E-state index is -4.59. The van der Waals surface area contributed by atoms with Gasteiger partial charge in [-0.05, 0) is 37.3 Å². The largest absolute Gasteiger partial charge is 0.416 e. The lowest BCUT2D eigenvalue weighted by Crippen LogP contribution is -2.30. The Kier molecular flexibility index (Phi) is 4.46. The van der Waals surface area contributed by atoms with Gasteiger partial charge in [0.2, 0.25) is 0 Å². The summed E-state index contributed by atoms with van der Waals surface area (Å²) in [4.78, 5) is -0.381. The molecule has 0 spiro atoms. The first-order chi connectivity index (χ1) is 10.3. The van der Waals surface area contributed by atoms with Crippen LogP contribution in [0.1, 0.15) is 12.5 Å². The molecule has 0 atom stereocenters. The summed E-state index contributed by atoms with van der Waals surface area (Å²) in [5.41, 5.74) is -0.583. The highest BCUT2D eigenvalue weighted by Crippen LogP contribution is 2.32. The van der Waals surface area contributed by atoms with Crippen molar-refractivity contribution in [2.75, 3.05) is 10.8 Å². The second kappa shape index (κ2) is 6.00. The molecule has 7 heteroatoms. The van der Waals surface area contributed by atoms with Crippen LogP contribution in [0.15, 0.2) is 59.5 Å². The molecule has 118 valence electrons. The summed E-state index contributed by atoms with van der Waals surface area (Å²) in [6, 6.07) is 12.0. The molecule has 0 fully saturated rings. The SMILES string of the molecule is CCN(c1ccccc1)S(=O)(=O)c1cccc(C(F)(F)F)c1. The van der Waals surface area contributed by atoms with E-state index in [4.69, 9.17) is 0 Å². The molecule has 0 N–H and O–H groups in total. The zero-order valence-corrected chi connectivity index (χ0v) is 12.5. The van der Waals surface area contributed by atoms with Gasteiger partial charge in [-0.1, -0.05) is 24.3 Å². The summed E-state index contributed by atoms with van der Waals surface area (Å²) in [5.74, 6) is 0. The van der Waals surface area contributed by atoms with Crippen molar-refractivity contribution in [3.05, 3.63) is 60.2 Å². The molecule has 2 rings (SSSR count). The second-order valence-electron chi connectivity index (χ2n) is 4.53. The van der Waals surface area contributed by atoms with Gasteiger partial charge in [-0.25, -0.2) is 8.42 Å². The van der Waals surface area contributed by atoms with Crippen molar-refractivity contribution in [2.24, 2.45) is 0 Å². The molecule has 0 aliphatic rings. The number of rotatable bonds is 4. The van der Waals surface area contributed by atoms with E-state index < -0.39 is 21.8 Å². The van der Waals surface area contributed by atoms with Gasteiger partial charge in [0.1, 0.15) is 0 Å². The summed E-state index contributed by atoms with van der Waals surface area (Å²) in [6.45, 7) is 1.74. The van der Waals surface area contributed by atoms with E-state index in [0.29, 0.717) is 11.8 Å². The second-order valence-corrected chi connectivity index (χ2v) is 6.39. The minimum Gasteiger partial charge on any atom is -0.267 e. The van der Waals surface area contributed by atoms with Crippen molar-refractivity contribution in [3.8, 4) is 0 Å². The maximum Gasteiger partial charge on any atom is 0.416 e. The summed E-state index contributed by atoms with van der Waals surface area (Å²) >= 11 is 0. The number of anilines is 1. The highest BCUT2D eigenvalue weighted by atomic mass is 32.2. The summed E-state index contributed by atoms with van der Waals surface area (Å²) in [6.07, 6.45) is -4.59. The first kappa shape index (κ1) is 16.4. The lowest BCUT2D eigenvalue weighted by molar-refractivity contribution is -0.137. The van der Waals surface area contributed by atoms with Gasteiger partial charge in [0.05, 0.1) is 16.1 Å². The van der Waals surface area contributed by atoms with Crippen LogP contribution in [0.4, 0.5) is 18.9 Å². The molecule has 0 saturated heterocycles. The summed E-state index contributed by atoms with van der Waals surface area (Å²) in [7, 11) is -4.05. The van der Waals surface area contributed by atoms with Crippen molar-refractivity contribution in [2.45, 2.75) is 18.0 Å². The van der Waals surface area contributed by atoms with E-state index in [1.807, 2.05) is 0 Å². The standard InChI is InChI=1S/C15H14F3NO2S/c1-2-19(13-8-4-3-5-9-13)22(20,21)14-10-6-7-12(11-14)15(16,17)18/h3-11H,2H2,1H3. The Morgan fingerprint density at radius 2 is 1.64 bits per heavy atom. The molecule has 0 bridgehead atoms. The maximum atomic E-state index is 12.8. The molecule has 0 aromatic heterocycles. The highest BCUT2D eigenvalue weighted by molar-refractivity contribution is 7.92. The molecular weight excluding hydrogens is 315 g/mol. The lowest BCUT2D eigenvalue weighted by Gasteiger charge is -2.23. The summed E-state index contributed by atoms with van der Waals surface area (Å²) < 4.78 is 64.5. The Morgan fingerprint density at radius 3 is 2.18 bits per heavy atom. The van der Waals surface area contributed by atoms with Crippen molar-refractivity contribution in [3.63, 3.8) is 0 Å². The summed E-state index contributed by atoms with van der Waals surface area (Å²) in [5, 5.41) is 0. The van der Waals surface area contributed by atoms with E-state index in [-0.39, 0.29) is 11.4 Å². The molecule has 3 nitrogen and oxygen atoms in total. The van der Waals surface area contributed by atoms with Crippen LogP contribution in [0, 0.1) is 0 Å². The number of benzene rings is 2. The number of alkyl halides is 3. The molecule has 2 aromatic carbocycles. The van der Waals surface area contributed by atoms with Gasteiger partial charge in [0.25, 0.3) is 10.0 Å². The zero-order valence-electron chi connectivity index (χ0n) is 11.7. The maximum absolute atomic E-state index is 12.8. The van der Waals surface area contributed by atoms with Gasteiger partial charge in [0, 0.05) is 6.54 Å². The average molecular weight is 329 g/mol. The topological polar surface area (TPSA) is 37.4 Å². The third kappa shape index (κ3) is 3.24. The first-order valence-corrected chi connectivity index (χ1v) is 7.96. The van der Waals surface area contributed by atoms with Gasteiger partial charge in [-0.15, -0.1) is 0 Å². The molecule has 0 unspecified atom stereocenters. The van der Waals surface area contributed by atoms with E-state index in [1.54, 1.807) is 37.3 Å². The van der Waals surface area contributed by atoms with Crippen LogP contribution in [-0.2, 0) is 16.2 Å². The van der Waals surface area contributed by atoms with Crippen molar-refractivity contribution < 1.29 is 21.6 Å². The number of hydrogen-bond acceptors (Lipinski definition) is 2. The van der Waals surface area contributed by atoms with Crippen LogP contribution >= 0.6 is 0 Å². The van der Waals surface area contributed by atoms with E-state index in [0.717, 1.165) is 22.5 Å². The minimum absolute atomic E-state index is 0.114. The Morgan fingerprint density at radius 1 is 1.00 bits per heavy atom. The average Bonchev–Trinajstić information content (AvgIpc) is 2.48. The third-order valence-electron chi connectivity index (χ3n) is 3.08. The van der Waals surface area contributed by atoms with Gasteiger partial charge in [-0.3, -0.25) is 4.31 Å². The van der Waals surface area contributed by atoms with E-state index in [1.165, 1.54) is 0 Å². The molecule has 0 saturated carbocycles. The van der Waals surface area contributed by atoms with Gasteiger partial charge < -0.3 is 0 Å². The molecule has 0 aliphatic carbocycles. The third-order valence-corrected chi connectivity index (χ3v) is 4.98. The molecule has 0 radical (unpaired) electrons. The molecule has 22 heavy (non-hydrogen) atoms. The van der Waals surface area contributed by atoms with Crippen LogP contribution in [0.5, 0.6) is 0 Å². The number of halogens is 3. The zero-order chi connectivity index (χ0) is 16.4. The Hall–Kier alpha value is -2.02. The van der Waals surface area contributed by atoms with Crippen LogP contribution in [0.25, 0.3) is 0 Å². The molecule has 0 heterocycles. The molecule has 0 amide bonds. The van der Waals surface area contributed by atoms with Gasteiger partial charge in [0.15, 0.2) is 0 Å². The monoisotopic (exact) mass is 329 g/mol. The van der Waals surface area contributed by atoms with Crippen LogP contribution in [-0.4, -0.2) is 15.0 Å². The fourth-order valence-electron chi connectivity index (χ4n) is 2.05. The molecular formula is C15H14F3NO2S. The van der Waals surface area contributed by atoms with Gasteiger partial charge in [-0.2, -0.15) is 13.2 Å². The number of para-hydroxylation sites is 1. The quantitative estimate of drug-likeness (QED) is 0.852. The molecule has 2 aromatic rings. The Bertz CT molecular complexity index is 743. The fraction of sp³-hybridized carbons (Fsp3) is 0.200. The fourth-order valence-corrected chi connectivity index (χ4v) is 3.57. The van der Waals surface area contributed by atoms with Crippen molar-refractivity contribution in [1.82, 2.24) is 0 Å². The number of hydrogen-bond donors (Lipinski definition) is 0. The van der Waals surface area contributed by atoms with Crippen molar-refractivity contribution >= 4 is 15.7 Å². The highest BCUT2D eigenvalue weighted by Gasteiger charge is 2.32. The predicted molar refractivity (Wildman–Crippen MR) is 78.1 cm³/mol. The lowest BCUT2D eigenvalue weighted by atomic mass is 10.2. The predicted octanol–water partition coefficient (Wildman–Crippen LogP) is 3.92. The van der Waals surface area contributed by atoms with E-state index in [9.17, 15) is 21.6 Å². The first-order valence-electron chi connectivity index (χ1n) is 6.52. The van der Waals surface area contributed by atoms with Crippen LogP contribution in [0.2, 0.25) is 0 Å². The molecule has 0 aliphatic heterocycles. The van der Waals surface area contributed by atoms with E-state index in [2.05, 4.69) is 0 Å². The number of nitrogens with zero attached hydrogens (tertiary/aromatic N) is 1. The van der Waals surface area contributed by atoms with Crippen LogP contribution < -0.4 is 4.31 Å². The smallest absolute Gasteiger partial charge is 0.267 e. The number of sulfonamides is 1. The van der Waals surface area contributed by atoms with E-state index >= 15 is 0 Å². The van der Waals surface area contributed by atoms with Crippen LogP contribution in [0.3, 0.4) is 0 Å². The Labute approximate surface area is 127 Å². The Balaban J connectivity index is 2.50.